The van der Waals surface area contributed by atoms with Crippen LogP contribution in [0.5, 0.6) is 0 Å². The van der Waals surface area contributed by atoms with Gasteiger partial charge in [0, 0.05) is 44.9 Å². The van der Waals surface area contributed by atoms with Gasteiger partial charge in [-0.15, -0.1) is 0 Å². The number of halogens is 4. The van der Waals surface area contributed by atoms with E-state index < -0.39 is 29.3 Å². The minimum absolute atomic E-state index is 0.0472. The number of ether oxygens (including phenoxy) is 1. The van der Waals surface area contributed by atoms with Crippen LogP contribution in [0.2, 0.25) is 0 Å². The fraction of sp³-hybridized carbons (Fsp3) is 0.577. The molecule has 0 N–H and O–H groups in total. The van der Waals surface area contributed by atoms with Crippen LogP contribution in [-0.4, -0.2) is 56.0 Å². The molecule has 12 heteroatoms. The van der Waals surface area contributed by atoms with Crippen molar-refractivity contribution in [2.45, 2.75) is 70.6 Å². The first-order chi connectivity index (χ1) is 18.0. The number of aryl methyl sites for hydroxylation is 1. The first-order valence-electron chi connectivity index (χ1n) is 12.9. The van der Waals surface area contributed by atoms with Gasteiger partial charge in [-0.1, -0.05) is 6.07 Å². The maximum Gasteiger partial charge on any atom is 0.416 e. The van der Waals surface area contributed by atoms with Gasteiger partial charge in [0.1, 0.15) is 16.9 Å². The first-order valence-corrected chi connectivity index (χ1v) is 12.9. The number of alkyl halides is 3. The number of hydrogen-bond acceptors (Lipinski definition) is 6. The molecule has 4 atom stereocenters. The van der Waals surface area contributed by atoms with Gasteiger partial charge in [0.2, 0.25) is 0 Å². The highest BCUT2D eigenvalue weighted by atomic mass is 19.4. The molecular formula is C26H32F4N6O2. The van der Waals surface area contributed by atoms with E-state index in [9.17, 15) is 22.4 Å². The van der Waals surface area contributed by atoms with Crippen LogP contribution in [0.1, 0.15) is 63.4 Å². The van der Waals surface area contributed by atoms with E-state index in [2.05, 4.69) is 9.88 Å². The summed E-state index contributed by atoms with van der Waals surface area (Å²) in [7, 11) is 1.66. The van der Waals surface area contributed by atoms with Crippen LogP contribution < -0.4 is 10.6 Å². The second-order valence-corrected chi connectivity index (χ2v) is 10.4. The number of nitrogens with zero attached hydrogens (tertiary/aromatic N) is 6. The molecule has 0 aliphatic carbocycles. The van der Waals surface area contributed by atoms with E-state index in [1.165, 1.54) is 16.8 Å². The van der Waals surface area contributed by atoms with E-state index in [1.807, 2.05) is 23.4 Å². The summed E-state index contributed by atoms with van der Waals surface area (Å²) in [6.45, 7) is 7.25. The van der Waals surface area contributed by atoms with Crippen LogP contribution in [0, 0.1) is 5.82 Å². The molecule has 5 rings (SSSR count). The van der Waals surface area contributed by atoms with E-state index in [0.717, 1.165) is 31.1 Å². The number of benzene rings is 1. The summed E-state index contributed by atoms with van der Waals surface area (Å²) >= 11 is 0. The lowest BCUT2D eigenvalue weighted by atomic mass is 9.96. The van der Waals surface area contributed by atoms with Crippen molar-refractivity contribution in [3.8, 4) is 0 Å². The molecule has 1 aromatic carbocycles. The van der Waals surface area contributed by atoms with Crippen molar-refractivity contribution in [1.29, 1.82) is 0 Å². The van der Waals surface area contributed by atoms with Crippen molar-refractivity contribution >= 4 is 16.9 Å². The molecule has 0 amide bonds. The second-order valence-electron chi connectivity index (χ2n) is 10.4. The van der Waals surface area contributed by atoms with Gasteiger partial charge in [-0.2, -0.15) is 23.3 Å². The molecule has 0 radical (unpaired) electrons. The third-order valence-corrected chi connectivity index (χ3v) is 7.81. The standard InChI is InChI=1S/C26H32F4N6O2/c1-15-14-35(16(2)13-34(15)17(3)19-9-8-18(27)11-20(19)26(28,29)30)24-23-21(12-31-25(37)33(23)4)32-36(24)22-7-5-6-10-38-22/h8-9,11-12,15-17,22H,5-7,10,13-14H2,1-4H3/t15-,16+,17?,22?/m1/s1. The van der Waals surface area contributed by atoms with Gasteiger partial charge in [0.25, 0.3) is 0 Å². The van der Waals surface area contributed by atoms with E-state index in [0.29, 0.717) is 36.8 Å². The Hall–Kier alpha value is -2.99. The number of hydrogen-bond donors (Lipinski definition) is 0. The van der Waals surface area contributed by atoms with Gasteiger partial charge in [0.05, 0.1) is 11.8 Å². The lowest BCUT2D eigenvalue weighted by Gasteiger charge is -2.48. The third kappa shape index (κ3) is 4.68. The van der Waals surface area contributed by atoms with Crippen LogP contribution in [0.15, 0.2) is 29.2 Å². The highest BCUT2D eigenvalue weighted by molar-refractivity contribution is 5.87. The lowest BCUT2D eigenvalue weighted by Crippen LogP contribution is -2.57. The van der Waals surface area contributed by atoms with E-state index >= 15 is 0 Å². The fourth-order valence-corrected chi connectivity index (χ4v) is 5.83. The summed E-state index contributed by atoms with van der Waals surface area (Å²) < 4.78 is 64.4. The van der Waals surface area contributed by atoms with Crippen LogP contribution in [0.3, 0.4) is 0 Å². The van der Waals surface area contributed by atoms with Crippen LogP contribution in [0.25, 0.3) is 11.0 Å². The number of aromatic nitrogens is 4. The van der Waals surface area contributed by atoms with Crippen molar-refractivity contribution in [2.75, 3.05) is 24.6 Å². The molecule has 0 bridgehead atoms. The van der Waals surface area contributed by atoms with Crippen molar-refractivity contribution in [3.05, 3.63) is 51.8 Å². The van der Waals surface area contributed by atoms with E-state index in [1.54, 1.807) is 14.0 Å². The molecule has 2 aliphatic rings. The zero-order valence-corrected chi connectivity index (χ0v) is 21.9. The molecule has 2 unspecified atom stereocenters. The zero-order chi connectivity index (χ0) is 27.4. The molecule has 38 heavy (non-hydrogen) atoms. The molecular weight excluding hydrogens is 504 g/mol. The van der Waals surface area contributed by atoms with Gasteiger partial charge in [-0.05, 0) is 57.7 Å². The van der Waals surface area contributed by atoms with Gasteiger partial charge in [0.15, 0.2) is 12.0 Å². The molecule has 8 nitrogen and oxygen atoms in total. The minimum atomic E-state index is -4.66. The molecule has 2 saturated heterocycles. The average Bonchev–Trinajstić information content (AvgIpc) is 3.27. The zero-order valence-electron chi connectivity index (χ0n) is 21.9. The van der Waals surface area contributed by atoms with Crippen molar-refractivity contribution in [1.82, 2.24) is 24.2 Å². The summed E-state index contributed by atoms with van der Waals surface area (Å²) in [5.74, 6) is -0.164. The second kappa shape index (κ2) is 9.96. The summed E-state index contributed by atoms with van der Waals surface area (Å²) in [6.07, 6.45) is -0.719. The molecule has 0 spiro atoms. The highest BCUT2D eigenvalue weighted by Crippen LogP contribution is 2.40. The average molecular weight is 537 g/mol. The third-order valence-electron chi connectivity index (χ3n) is 7.81. The normalized spacial score (nSPS) is 24.2. The SMILES string of the molecule is CC(c1ccc(F)cc1C(F)(F)F)N1C[C@H](C)N(c2c3c(cnc(=O)n3C)nn2C2CCCCO2)C[C@H]1C. The predicted octanol–water partition coefficient (Wildman–Crippen LogP) is 4.65. The summed E-state index contributed by atoms with van der Waals surface area (Å²) in [6, 6.07) is 2.00. The Kier molecular flexibility index (Phi) is 6.97. The number of fused-ring (bicyclic) bond motifs is 1. The minimum Gasteiger partial charge on any atom is -0.356 e. The smallest absolute Gasteiger partial charge is 0.356 e. The van der Waals surface area contributed by atoms with Crippen molar-refractivity contribution in [2.24, 2.45) is 7.05 Å². The Bertz CT molecular complexity index is 1380. The Morgan fingerprint density at radius 2 is 1.89 bits per heavy atom. The van der Waals surface area contributed by atoms with Crippen LogP contribution in [-0.2, 0) is 18.0 Å². The predicted molar refractivity (Wildman–Crippen MR) is 134 cm³/mol. The quantitative estimate of drug-likeness (QED) is 0.453. The van der Waals surface area contributed by atoms with E-state index in [-0.39, 0.29) is 23.9 Å². The molecule has 0 saturated carbocycles. The van der Waals surface area contributed by atoms with Crippen LogP contribution >= 0.6 is 0 Å². The molecule has 3 aromatic rings. The van der Waals surface area contributed by atoms with Gasteiger partial charge in [-0.3, -0.25) is 9.47 Å². The van der Waals surface area contributed by atoms with Crippen LogP contribution in [0.4, 0.5) is 23.4 Å². The number of piperazine rings is 1. The van der Waals surface area contributed by atoms with Gasteiger partial charge >= 0.3 is 11.9 Å². The number of rotatable bonds is 4. The summed E-state index contributed by atoms with van der Waals surface area (Å²) in [5.41, 5.74) is -0.0725. The van der Waals surface area contributed by atoms with E-state index in [4.69, 9.17) is 9.84 Å². The molecule has 2 fully saturated rings. The van der Waals surface area contributed by atoms with Gasteiger partial charge < -0.3 is 9.64 Å². The van der Waals surface area contributed by atoms with Crippen molar-refractivity contribution < 1.29 is 22.3 Å². The summed E-state index contributed by atoms with van der Waals surface area (Å²) in [4.78, 5) is 20.6. The molecule has 2 aromatic heterocycles. The number of anilines is 1. The Morgan fingerprint density at radius 1 is 1.13 bits per heavy atom. The highest BCUT2D eigenvalue weighted by Gasteiger charge is 2.40. The van der Waals surface area contributed by atoms with Gasteiger partial charge in [-0.25, -0.2) is 13.9 Å². The molecule has 206 valence electrons. The van der Waals surface area contributed by atoms with Crippen molar-refractivity contribution in [3.63, 3.8) is 0 Å². The maximum absolute atomic E-state index is 13.8. The molecule has 4 heterocycles. The molecule has 2 aliphatic heterocycles. The largest absolute Gasteiger partial charge is 0.416 e. The first kappa shape index (κ1) is 26.6. The Balaban J connectivity index is 1.52. The fourth-order valence-electron chi connectivity index (χ4n) is 5.83. The lowest BCUT2D eigenvalue weighted by molar-refractivity contribution is -0.139. The Morgan fingerprint density at radius 3 is 2.58 bits per heavy atom. The summed E-state index contributed by atoms with van der Waals surface area (Å²) in [5, 5.41) is 4.78. The Labute approximate surface area is 217 Å². The monoisotopic (exact) mass is 536 g/mol. The maximum atomic E-state index is 13.8. The topological polar surface area (TPSA) is 68.4 Å².